The minimum absolute atomic E-state index is 0.0974. The van der Waals surface area contributed by atoms with Gasteiger partial charge in [-0.3, -0.25) is 4.79 Å². The summed E-state index contributed by atoms with van der Waals surface area (Å²) < 4.78 is 50.5. The molecule has 0 aromatic heterocycles. The highest BCUT2D eigenvalue weighted by molar-refractivity contribution is 7.89. The maximum atomic E-state index is 13.7. The molecule has 10 heteroatoms. The van der Waals surface area contributed by atoms with Crippen LogP contribution in [0.25, 0.3) is 0 Å². The molecule has 0 spiro atoms. The average Bonchev–Trinajstić information content (AvgIpc) is 3.54. The van der Waals surface area contributed by atoms with Crippen molar-refractivity contribution in [1.82, 2.24) is 0 Å². The van der Waals surface area contributed by atoms with E-state index in [1.807, 2.05) is 24.3 Å². The van der Waals surface area contributed by atoms with E-state index in [9.17, 15) is 27.1 Å². The molecule has 2 heterocycles. The molecule has 41 heavy (non-hydrogen) atoms. The highest BCUT2D eigenvalue weighted by atomic mass is 32.2. The first kappa shape index (κ1) is 27.1. The van der Waals surface area contributed by atoms with Crippen LogP contribution in [0.3, 0.4) is 0 Å². The zero-order valence-electron chi connectivity index (χ0n) is 21.9. The van der Waals surface area contributed by atoms with Gasteiger partial charge in [-0.15, -0.1) is 0 Å². The summed E-state index contributed by atoms with van der Waals surface area (Å²) in [5, 5.41) is 16.9. The lowest BCUT2D eigenvalue weighted by molar-refractivity contribution is -0.132. The number of rotatable bonds is 6. The van der Waals surface area contributed by atoms with E-state index < -0.39 is 33.2 Å². The predicted octanol–water partition coefficient (Wildman–Crippen LogP) is 4.39. The molecule has 2 unspecified atom stereocenters. The highest BCUT2D eigenvalue weighted by Gasteiger charge is 2.51. The monoisotopic (exact) mass is 575 g/mol. The summed E-state index contributed by atoms with van der Waals surface area (Å²) in [6.07, 6.45) is 0.822. The van der Waals surface area contributed by atoms with Gasteiger partial charge in [0.15, 0.2) is 17.2 Å². The van der Waals surface area contributed by atoms with Crippen LogP contribution in [0.5, 0.6) is 0 Å². The number of fused-ring (bicyclic) bond motifs is 1. The average molecular weight is 576 g/mol. The second-order valence-corrected chi connectivity index (χ2v) is 12.0. The third-order valence-electron chi connectivity index (χ3n) is 7.99. The van der Waals surface area contributed by atoms with E-state index in [0.717, 1.165) is 29.8 Å². The Kier molecular flexibility index (Phi) is 6.64. The number of nitrogens with zero attached hydrogens (tertiary/aromatic N) is 2. The van der Waals surface area contributed by atoms with Crippen LogP contribution in [-0.2, 0) is 27.0 Å². The molecule has 0 radical (unpaired) electrons. The molecular weight excluding hydrogens is 548 g/mol. The normalized spacial score (nSPS) is 20.5. The Balaban J connectivity index is 1.21. The number of benzene rings is 4. The van der Waals surface area contributed by atoms with Crippen LogP contribution in [0.2, 0.25) is 0 Å². The number of carbonyl (C=O) groups is 1. The molecule has 1 saturated heterocycles. The van der Waals surface area contributed by atoms with Crippen molar-refractivity contribution in [2.24, 2.45) is 5.14 Å². The lowest BCUT2D eigenvalue weighted by Gasteiger charge is -2.24. The summed E-state index contributed by atoms with van der Waals surface area (Å²) >= 11 is 0. The Morgan fingerprint density at radius 3 is 2.32 bits per heavy atom. The van der Waals surface area contributed by atoms with E-state index in [-0.39, 0.29) is 22.9 Å². The van der Waals surface area contributed by atoms with Crippen LogP contribution in [0, 0.1) is 11.6 Å². The number of hydrogen-bond acceptors (Lipinski definition) is 5. The first-order valence-electron chi connectivity index (χ1n) is 13.1. The maximum Gasteiger partial charge on any atom is 0.268 e. The maximum absolute atomic E-state index is 13.7. The van der Waals surface area contributed by atoms with E-state index in [4.69, 9.17) is 5.14 Å². The number of amides is 1. The molecule has 4 aromatic carbocycles. The number of hydrogen-bond donors (Lipinski definition) is 2. The van der Waals surface area contributed by atoms with E-state index in [1.165, 1.54) is 41.3 Å². The summed E-state index contributed by atoms with van der Waals surface area (Å²) in [6.45, 7) is 1.67. The van der Waals surface area contributed by atoms with E-state index in [1.54, 1.807) is 30.3 Å². The van der Waals surface area contributed by atoms with Crippen molar-refractivity contribution in [3.05, 3.63) is 125 Å². The van der Waals surface area contributed by atoms with Gasteiger partial charge in [-0.05, 0) is 65.6 Å². The zero-order valence-corrected chi connectivity index (χ0v) is 22.7. The standard InChI is InChI=1S/C31H27F2N3O4S/c32-27-14-7-21(17-28(27)33)22-15-16-35(19-22)24-10-5-20(6-11-24)18-36-29-4-2-1-3-26(29)31(38,30(36)37)23-8-12-25(13-9-23)41(34,39)40/h1-14,17,22,38H,15-16,18-19H2,(H2,34,39,40). The summed E-state index contributed by atoms with van der Waals surface area (Å²) in [5.41, 5.74) is 1.84. The van der Waals surface area contributed by atoms with Crippen molar-refractivity contribution in [2.45, 2.75) is 29.4 Å². The van der Waals surface area contributed by atoms with E-state index in [2.05, 4.69) is 4.90 Å². The van der Waals surface area contributed by atoms with Gasteiger partial charge in [-0.2, -0.15) is 0 Å². The number of carbonyl (C=O) groups excluding carboxylic acids is 1. The Morgan fingerprint density at radius 2 is 1.63 bits per heavy atom. The summed E-state index contributed by atoms with van der Waals surface area (Å²) in [5.74, 6) is -2.13. The molecule has 0 bridgehead atoms. The number of aliphatic hydroxyl groups is 1. The topological polar surface area (TPSA) is 104 Å². The van der Waals surface area contributed by atoms with Crippen LogP contribution in [0.15, 0.2) is 95.9 Å². The van der Waals surface area contributed by atoms with Gasteiger partial charge in [-0.25, -0.2) is 22.3 Å². The smallest absolute Gasteiger partial charge is 0.268 e. The van der Waals surface area contributed by atoms with E-state index >= 15 is 0 Å². The number of anilines is 2. The van der Waals surface area contributed by atoms with Crippen molar-refractivity contribution >= 4 is 27.3 Å². The Bertz CT molecular complexity index is 1750. The summed E-state index contributed by atoms with van der Waals surface area (Å²) in [4.78, 5) is 17.3. The second kappa shape index (κ2) is 10.1. The van der Waals surface area contributed by atoms with Crippen molar-refractivity contribution in [1.29, 1.82) is 0 Å². The Morgan fingerprint density at radius 1 is 0.927 bits per heavy atom. The van der Waals surface area contributed by atoms with Crippen LogP contribution >= 0.6 is 0 Å². The molecule has 0 saturated carbocycles. The number of primary sulfonamides is 1. The number of halogens is 2. The van der Waals surface area contributed by atoms with E-state index in [0.29, 0.717) is 17.8 Å². The van der Waals surface area contributed by atoms with Crippen LogP contribution in [-0.4, -0.2) is 32.5 Å². The lowest BCUT2D eigenvalue weighted by atomic mass is 9.87. The van der Waals surface area contributed by atoms with Crippen LogP contribution in [0.4, 0.5) is 20.2 Å². The molecule has 4 aromatic rings. The van der Waals surface area contributed by atoms with Gasteiger partial charge in [0.1, 0.15) is 0 Å². The molecule has 2 atom stereocenters. The van der Waals surface area contributed by atoms with Gasteiger partial charge in [0, 0.05) is 30.3 Å². The zero-order chi connectivity index (χ0) is 28.9. The summed E-state index contributed by atoms with van der Waals surface area (Å²) in [6, 6.07) is 24.2. The number of nitrogens with two attached hydrogens (primary N) is 1. The number of sulfonamides is 1. The third-order valence-corrected chi connectivity index (χ3v) is 8.91. The molecule has 6 rings (SSSR count). The SMILES string of the molecule is NS(=O)(=O)c1ccc(C2(O)C(=O)N(Cc3ccc(N4CCC(c5ccc(F)c(F)c5)C4)cc3)c3ccccc32)cc1. The quantitative estimate of drug-likeness (QED) is 0.355. The Hall–Kier alpha value is -4.12. The van der Waals surface area contributed by atoms with Crippen LogP contribution < -0.4 is 14.9 Å². The fourth-order valence-electron chi connectivity index (χ4n) is 5.78. The van der Waals surface area contributed by atoms with Crippen molar-refractivity contribution in [2.75, 3.05) is 22.9 Å². The van der Waals surface area contributed by atoms with Gasteiger partial charge >= 0.3 is 0 Å². The van der Waals surface area contributed by atoms with Gasteiger partial charge in [-0.1, -0.05) is 48.5 Å². The predicted molar refractivity (Wildman–Crippen MR) is 151 cm³/mol. The summed E-state index contributed by atoms with van der Waals surface area (Å²) in [7, 11) is -3.93. The van der Waals surface area contributed by atoms with Gasteiger partial charge < -0.3 is 14.9 Å². The van der Waals surface area contributed by atoms with Gasteiger partial charge in [0.25, 0.3) is 5.91 Å². The first-order valence-corrected chi connectivity index (χ1v) is 14.7. The molecule has 210 valence electrons. The molecular formula is C31H27F2N3O4S. The van der Waals surface area contributed by atoms with Crippen LogP contribution in [0.1, 0.15) is 34.6 Å². The molecule has 1 amide bonds. The first-order chi connectivity index (χ1) is 19.6. The molecule has 7 nitrogen and oxygen atoms in total. The van der Waals surface area contributed by atoms with Gasteiger partial charge in [0.2, 0.25) is 10.0 Å². The molecule has 2 aliphatic heterocycles. The fraction of sp³-hybridized carbons (Fsp3) is 0.194. The lowest BCUT2D eigenvalue weighted by Crippen LogP contribution is -2.40. The molecule has 2 aliphatic rings. The molecule has 0 aliphatic carbocycles. The fourth-order valence-corrected chi connectivity index (χ4v) is 6.30. The molecule has 3 N–H and O–H groups in total. The minimum atomic E-state index is -3.93. The highest BCUT2D eigenvalue weighted by Crippen LogP contribution is 2.45. The Labute approximate surface area is 236 Å². The van der Waals surface area contributed by atoms with Crippen molar-refractivity contribution < 1.29 is 27.1 Å². The van der Waals surface area contributed by atoms with Gasteiger partial charge in [0.05, 0.1) is 17.1 Å². The minimum Gasteiger partial charge on any atom is -0.372 e. The number of para-hydroxylation sites is 1. The second-order valence-electron chi connectivity index (χ2n) is 10.5. The van der Waals surface area contributed by atoms with Crippen molar-refractivity contribution in [3.8, 4) is 0 Å². The largest absolute Gasteiger partial charge is 0.372 e. The third kappa shape index (κ3) is 4.77. The molecule has 1 fully saturated rings. The van der Waals surface area contributed by atoms with Crippen molar-refractivity contribution in [3.63, 3.8) is 0 Å².